The number of rotatable bonds is 3. The Morgan fingerprint density at radius 1 is 1.44 bits per heavy atom. The lowest BCUT2D eigenvalue weighted by atomic mass is 10.1. The van der Waals surface area contributed by atoms with Crippen LogP contribution in [0.5, 0.6) is 5.75 Å². The Labute approximate surface area is 111 Å². The highest BCUT2D eigenvalue weighted by molar-refractivity contribution is 6.31. The molecule has 0 aliphatic carbocycles. The van der Waals surface area contributed by atoms with E-state index in [1.807, 2.05) is 30.7 Å². The molecule has 0 saturated carbocycles. The van der Waals surface area contributed by atoms with E-state index in [9.17, 15) is 0 Å². The van der Waals surface area contributed by atoms with Gasteiger partial charge in [0, 0.05) is 23.3 Å². The van der Waals surface area contributed by atoms with Crippen LogP contribution in [0.3, 0.4) is 0 Å². The first kappa shape index (κ1) is 12.9. The molecule has 0 aliphatic heterocycles. The molecular formula is C13H16ClN3O. The van der Waals surface area contributed by atoms with Crippen molar-refractivity contribution in [2.75, 3.05) is 7.11 Å². The molecule has 1 aromatic heterocycles. The zero-order valence-electron chi connectivity index (χ0n) is 10.7. The minimum atomic E-state index is 0.403. The van der Waals surface area contributed by atoms with Crippen molar-refractivity contribution >= 4 is 11.6 Å². The van der Waals surface area contributed by atoms with E-state index < -0.39 is 0 Å². The van der Waals surface area contributed by atoms with Crippen LogP contribution in [0.4, 0.5) is 0 Å². The Balaban J connectivity index is 2.64. The zero-order valence-corrected chi connectivity index (χ0v) is 11.5. The van der Waals surface area contributed by atoms with E-state index in [-0.39, 0.29) is 0 Å². The smallest absolute Gasteiger partial charge is 0.128 e. The molecule has 0 spiro atoms. The fraction of sp³-hybridized carbons (Fsp3) is 0.308. The van der Waals surface area contributed by atoms with E-state index in [1.54, 1.807) is 13.2 Å². The molecule has 0 amide bonds. The summed E-state index contributed by atoms with van der Waals surface area (Å²) in [5.74, 6) is 1.59. The van der Waals surface area contributed by atoms with Crippen LogP contribution < -0.4 is 10.5 Å². The van der Waals surface area contributed by atoms with Crippen LogP contribution in [0, 0.1) is 6.92 Å². The normalized spacial score (nSPS) is 10.7. The van der Waals surface area contributed by atoms with Crippen LogP contribution in [0.2, 0.25) is 5.02 Å². The average molecular weight is 266 g/mol. The van der Waals surface area contributed by atoms with Crippen molar-refractivity contribution in [2.45, 2.75) is 13.5 Å². The second-order valence-corrected chi connectivity index (χ2v) is 4.51. The van der Waals surface area contributed by atoms with Gasteiger partial charge in [-0.15, -0.1) is 0 Å². The van der Waals surface area contributed by atoms with Gasteiger partial charge in [0.05, 0.1) is 19.3 Å². The van der Waals surface area contributed by atoms with Gasteiger partial charge < -0.3 is 15.0 Å². The summed E-state index contributed by atoms with van der Waals surface area (Å²) in [5.41, 5.74) is 8.45. The SMILES string of the molecule is COc1ccc(Cl)cc1-c1nc(CN)n(C)c1C. The maximum Gasteiger partial charge on any atom is 0.128 e. The minimum Gasteiger partial charge on any atom is -0.496 e. The third-order valence-electron chi connectivity index (χ3n) is 3.07. The van der Waals surface area contributed by atoms with Crippen molar-refractivity contribution in [1.82, 2.24) is 9.55 Å². The second-order valence-electron chi connectivity index (χ2n) is 4.07. The molecule has 1 aromatic carbocycles. The maximum absolute atomic E-state index is 6.04. The summed E-state index contributed by atoms with van der Waals surface area (Å²) in [6, 6.07) is 5.50. The predicted octanol–water partition coefficient (Wildman–Crippen LogP) is 2.52. The lowest BCUT2D eigenvalue weighted by molar-refractivity contribution is 0.416. The van der Waals surface area contributed by atoms with Gasteiger partial charge in [-0.2, -0.15) is 0 Å². The van der Waals surface area contributed by atoms with Gasteiger partial charge in [0.25, 0.3) is 0 Å². The summed E-state index contributed by atoms with van der Waals surface area (Å²) >= 11 is 6.04. The van der Waals surface area contributed by atoms with Crippen LogP contribution in [-0.2, 0) is 13.6 Å². The minimum absolute atomic E-state index is 0.403. The van der Waals surface area contributed by atoms with E-state index in [4.69, 9.17) is 22.1 Å². The fourth-order valence-corrected chi connectivity index (χ4v) is 2.11. The van der Waals surface area contributed by atoms with Crippen molar-refractivity contribution < 1.29 is 4.74 Å². The molecule has 2 N–H and O–H groups in total. The Morgan fingerprint density at radius 2 is 2.17 bits per heavy atom. The molecule has 0 fully saturated rings. The Kier molecular flexibility index (Phi) is 3.59. The van der Waals surface area contributed by atoms with E-state index in [2.05, 4.69) is 4.98 Å². The van der Waals surface area contributed by atoms with Gasteiger partial charge in [0.15, 0.2) is 0 Å². The first-order valence-corrected chi connectivity index (χ1v) is 6.02. The number of ether oxygens (including phenoxy) is 1. The van der Waals surface area contributed by atoms with Crippen LogP contribution >= 0.6 is 11.6 Å². The molecule has 5 heteroatoms. The molecule has 0 atom stereocenters. The number of nitrogens with zero attached hydrogens (tertiary/aromatic N) is 2. The molecule has 4 nitrogen and oxygen atoms in total. The van der Waals surface area contributed by atoms with Gasteiger partial charge >= 0.3 is 0 Å². The third-order valence-corrected chi connectivity index (χ3v) is 3.31. The van der Waals surface area contributed by atoms with E-state index in [0.29, 0.717) is 11.6 Å². The number of benzene rings is 1. The highest BCUT2D eigenvalue weighted by Gasteiger charge is 2.15. The zero-order chi connectivity index (χ0) is 13.3. The van der Waals surface area contributed by atoms with Crippen molar-refractivity contribution in [3.8, 4) is 17.0 Å². The number of halogens is 1. The number of hydrogen-bond donors (Lipinski definition) is 1. The molecular weight excluding hydrogens is 250 g/mol. The van der Waals surface area contributed by atoms with Gasteiger partial charge in [-0.25, -0.2) is 4.98 Å². The standard InChI is InChI=1S/C13H16ClN3O/c1-8-13(16-12(7-15)17(8)2)10-6-9(14)4-5-11(10)18-3/h4-6H,7,15H2,1-3H3. The number of aromatic nitrogens is 2. The van der Waals surface area contributed by atoms with Crippen LogP contribution in [-0.4, -0.2) is 16.7 Å². The molecule has 0 unspecified atom stereocenters. The van der Waals surface area contributed by atoms with Gasteiger partial charge in [-0.1, -0.05) is 11.6 Å². The van der Waals surface area contributed by atoms with E-state index in [0.717, 1.165) is 28.5 Å². The first-order chi connectivity index (χ1) is 8.58. The summed E-state index contributed by atoms with van der Waals surface area (Å²) in [7, 11) is 3.58. The summed E-state index contributed by atoms with van der Waals surface area (Å²) in [4.78, 5) is 4.55. The largest absolute Gasteiger partial charge is 0.496 e. The fourth-order valence-electron chi connectivity index (χ4n) is 1.94. The highest BCUT2D eigenvalue weighted by Crippen LogP contribution is 2.33. The van der Waals surface area contributed by atoms with Crippen LogP contribution in [0.15, 0.2) is 18.2 Å². The Hall–Kier alpha value is -1.52. The monoisotopic (exact) mass is 265 g/mol. The van der Waals surface area contributed by atoms with Crippen molar-refractivity contribution in [2.24, 2.45) is 12.8 Å². The molecule has 18 heavy (non-hydrogen) atoms. The topological polar surface area (TPSA) is 53.1 Å². The average Bonchev–Trinajstić information content (AvgIpc) is 2.66. The molecule has 2 rings (SSSR count). The van der Waals surface area contributed by atoms with Crippen molar-refractivity contribution in [3.63, 3.8) is 0 Å². The molecule has 0 aliphatic rings. The third kappa shape index (κ3) is 2.09. The van der Waals surface area contributed by atoms with Gasteiger partial charge in [0.1, 0.15) is 11.6 Å². The van der Waals surface area contributed by atoms with Gasteiger partial charge in [0.2, 0.25) is 0 Å². The van der Waals surface area contributed by atoms with Crippen molar-refractivity contribution in [3.05, 3.63) is 34.7 Å². The van der Waals surface area contributed by atoms with Gasteiger partial charge in [-0.3, -0.25) is 0 Å². The second kappa shape index (κ2) is 5.00. The van der Waals surface area contributed by atoms with Crippen LogP contribution in [0.1, 0.15) is 11.5 Å². The van der Waals surface area contributed by atoms with E-state index in [1.165, 1.54) is 0 Å². The lowest BCUT2D eigenvalue weighted by Crippen LogP contribution is -2.05. The molecule has 1 heterocycles. The van der Waals surface area contributed by atoms with E-state index >= 15 is 0 Å². The maximum atomic E-state index is 6.04. The molecule has 0 radical (unpaired) electrons. The number of imidazole rings is 1. The summed E-state index contributed by atoms with van der Waals surface area (Å²) in [6.45, 7) is 2.40. The molecule has 0 bridgehead atoms. The van der Waals surface area contributed by atoms with Crippen LogP contribution in [0.25, 0.3) is 11.3 Å². The summed E-state index contributed by atoms with van der Waals surface area (Å²) in [6.07, 6.45) is 0. The predicted molar refractivity (Wildman–Crippen MR) is 72.8 cm³/mol. The molecule has 96 valence electrons. The Morgan fingerprint density at radius 3 is 2.72 bits per heavy atom. The quantitative estimate of drug-likeness (QED) is 0.928. The molecule has 2 aromatic rings. The lowest BCUT2D eigenvalue weighted by Gasteiger charge is -2.08. The van der Waals surface area contributed by atoms with Crippen molar-refractivity contribution in [1.29, 1.82) is 0 Å². The molecule has 0 saturated heterocycles. The summed E-state index contributed by atoms with van der Waals surface area (Å²) < 4.78 is 7.34. The number of nitrogens with two attached hydrogens (primary N) is 1. The first-order valence-electron chi connectivity index (χ1n) is 5.64. The Bertz CT molecular complexity index is 578. The highest BCUT2D eigenvalue weighted by atomic mass is 35.5. The summed E-state index contributed by atoms with van der Waals surface area (Å²) in [5, 5.41) is 0.658. The number of methoxy groups -OCH3 is 1. The van der Waals surface area contributed by atoms with Gasteiger partial charge in [-0.05, 0) is 25.1 Å². The number of hydrogen-bond acceptors (Lipinski definition) is 3.